The van der Waals surface area contributed by atoms with Gasteiger partial charge in [0.1, 0.15) is 0 Å². The highest BCUT2D eigenvalue weighted by Crippen LogP contribution is 2.38. The first-order valence-electron chi connectivity index (χ1n) is 6.71. The van der Waals surface area contributed by atoms with Crippen molar-refractivity contribution in [1.29, 1.82) is 0 Å². The van der Waals surface area contributed by atoms with Crippen molar-refractivity contribution in [2.75, 3.05) is 18.0 Å². The van der Waals surface area contributed by atoms with Crippen molar-refractivity contribution in [1.82, 2.24) is 4.98 Å². The molecule has 0 amide bonds. The number of nitrogens with two attached hydrogens (primary N) is 1. The van der Waals surface area contributed by atoms with Crippen LogP contribution in [0, 0.1) is 11.8 Å². The topological polar surface area (TPSA) is 42.1 Å². The maximum absolute atomic E-state index is 6.07. The molecule has 3 atom stereocenters. The van der Waals surface area contributed by atoms with E-state index >= 15 is 0 Å². The predicted octanol–water partition coefficient (Wildman–Crippen LogP) is 2.27. The van der Waals surface area contributed by atoms with E-state index in [1.165, 1.54) is 43.2 Å². The Morgan fingerprint density at radius 2 is 2.24 bits per heavy atom. The molecule has 3 rings (SSSR count). The Labute approximate surface area is 107 Å². The van der Waals surface area contributed by atoms with Crippen LogP contribution in [0.4, 0.5) is 5.13 Å². The Hall–Kier alpha value is -0.610. The minimum Gasteiger partial charge on any atom is -0.348 e. The molecule has 0 bridgehead atoms. The quantitative estimate of drug-likeness (QED) is 0.877. The fourth-order valence-corrected chi connectivity index (χ4v) is 4.16. The molecule has 4 heteroatoms. The second kappa shape index (κ2) is 4.58. The monoisotopic (exact) mass is 251 g/mol. The zero-order valence-electron chi connectivity index (χ0n) is 10.4. The van der Waals surface area contributed by atoms with Gasteiger partial charge >= 0.3 is 0 Å². The minimum absolute atomic E-state index is 0.443. The molecule has 0 radical (unpaired) electrons. The SMILES string of the molecule is CCc1csc(N2C[C@H]3CCC(N)C[C@H]3C2)n1. The molecule has 3 nitrogen and oxygen atoms in total. The fourth-order valence-electron chi connectivity index (χ4n) is 3.23. The molecule has 1 saturated carbocycles. The van der Waals surface area contributed by atoms with Gasteiger partial charge in [-0.15, -0.1) is 11.3 Å². The Balaban J connectivity index is 1.70. The van der Waals surface area contributed by atoms with Gasteiger partial charge in [0.2, 0.25) is 0 Å². The van der Waals surface area contributed by atoms with Crippen molar-refractivity contribution in [2.24, 2.45) is 17.6 Å². The van der Waals surface area contributed by atoms with Crippen LogP contribution in [0.2, 0.25) is 0 Å². The zero-order valence-corrected chi connectivity index (χ0v) is 11.2. The third kappa shape index (κ3) is 2.20. The van der Waals surface area contributed by atoms with E-state index in [0.29, 0.717) is 6.04 Å². The van der Waals surface area contributed by atoms with Crippen LogP contribution in [-0.4, -0.2) is 24.1 Å². The van der Waals surface area contributed by atoms with Crippen LogP contribution in [0.5, 0.6) is 0 Å². The smallest absolute Gasteiger partial charge is 0.185 e. The van der Waals surface area contributed by atoms with E-state index in [1.807, 2.05) is 0 Å². The molecule has 1 aromatic heterocycles. The highest BCUT2D eigenvalue weighted by molar-refractivity contribution is 7.13. The summed E-state index contributed by atoms with van der Waals surface area (Å²) >= 11 is 1.80. The van der Waals surface area contributed by atoms with E-state index in [1.54, 1.807) is 11.3 Å². The summed E-state index contributed by atoms with van der Waals surface area (Å²) in [7, 11) is 0. The highest BCUT2D eigenvalue weighted by atomic mass is 32.1. The molecule has 0 aromatic carbocycles. The third-order valence-electron chi connectivity index (χ3n) is 4.26. The molecule has 2 fully saturated rings. The Morgan fingerprint density at radius 3 is 3.00 bits per heavy atom. The Morgan fingerprint density at radius 1 is 1.41 bits per heavy atom. The van der Waals surface area contributed by atoms with Gasteiger partial charge < -0.3 is 10.6 Å². The minimum atomic E-state index is 0.443. The number of anilines is 1. The molecule has 0 spiro atoms. The van der Waals surface area contributed by atoms with Crippen molar-refractivity contribution in [3.63, 3.8) is 0 Å². The van der Waals surface area contributed by atoms with Gasteiger partial charge in [-0.05, 0) is 37.5 Å². The third-order valence-corrected chi connectivity index (χ3v) is 5.21. The van der Waals surface area contributed by atoms with Gasteiger partial charge in [0.15, 0.2) is 5.13 Å². The number of aromatic nitrogens is 1. The van der Waals surface area contributed by atoms with Crippen molar-refractivity contribution in [3.05, 3.63) is 11.1 Å². The molecule has 1 aliphatic heterocycles. The van der Waals surface area contributed by atoms with Crippen LogP contribution in [0.3, 0.4) is 0 Å². The molecule has 1 aromatic rings. The van der Waals surface area contributed by atoms with E-state index in [4.69, 9.17) is 10.7 Å². The normalized spacial score (nSPS) is 32.8. The number of rotatable bonds is 2. The van der Waals surface area contributed by atoms with Crippen LogP contribution in [0.1, 0.15) is 31.9 Å². The molecular weight excluding hydrogens is 230 g/mol. The summed E-state index contributed by atoms with van der Waals surface area (Å²) in [4.78, 5) is 7.18. The average molecular weight is 251 g/mol. The zero-order chi connectivity index (χ0) is 11.8. The van der Waals surface area contributed by atoms with E-state index < -0.39 is 0 Å². The summed E-state index contributed by atoms with van der Waals surface area (Å²) in [6.45, 7) is 4.55. The number of aryl methyl sites for hydroxylation is 1. The number of hydrogen-bond donors (Lipinski definition) is 1. The van der Waals surface area contributed by atoms with Gasteiger partial charge in [-0.3, -0.25) is 0 Å². The highest BCUT2D eigenvalue weighted by Gasteiger charge is 2.37. The molecular formula is C13H21N3S. The molecule has 1 unspecified atom stereocenters. The van der Waals surface area contributed by atoms with E-state index in [0.717, 1.165) is 18.3 Å². The van der Waals surface area contributed by atoms with Crippen LogP contribution < -0.4 is 10.6 Å². The second-order valence-electron chi connectivity index (χ2n) is 5.47. The number of fused-ring (bicyclic) bond motifs is 1. The summed E-state index contributed by atoms with van der Waals surface area (Å²) in [5.74, 6) is 1.68. The maximum Gasteiger partial charge on any atom is 0.185 e. The fraction of sp³-hybridized carbons (Fsp3) is 0.769. The second-order valence-corrected chi connectivity index (χ2v) is 6.31. The number of thiazole rings is 1. The molecule has 2 heterocycles. The maximum atomic E-state index is 6.07. The largest absolute Gasteiger partial charge is 0.348 e. The van der Waals surface area contributed by atoms with Gasteiger partial charge in [0.25, 0.3) is 0 Å². The molecule has 2 aliphatic rings. The van der Waals surface area contributed by atoms with Crippen molar-refractivity contribution in [2.45, 2.75) is 38.6 Å². The summed E-state index contributed by atoms with van der Waals surface area (Å²) in [6.07, 6.45) is 4.79. The predicted molar refractivity (Wildman–Crippen MR) is 72.5 cm³/mol. The molecule has 2 N–H and O–H groups in total. The average Bonchev–Trinajstić information content (AvgIpc) is 2.93. The van der Waals surface area contributed by atoms with Gasteiger partial charge in [-0.1, -0.05) is 6.92 Å². The molecule has 1 saturated heterocycles. The summed E-state index contributed by atoms with van der Waals surface area (Å²) in [5.41, 5.74) is 7.30. The number of hydrogen-bond acceptors (Lipinski definition) is 4. The lowest BCUT2D eigenvalue weighted by Gasteiger charge is -2.27. The Bertz CT molecular complexity index is 390. The lowest BCUT2D eigenvalue weighted by Crippen LogP contribution is -2.32. The first kappa shape index (κ1) is 11.5. The van der Waals surface area contributed by atoms with E-state index in [-0.39, 0.29) is 0 Å². The molecule has 1 aliphatic carbocycles. The first-order valence-corrected chi connectivity index (χ1v) is 7.59. The Kier molecular flexibility index (Phi) is 3.09. The summed E-state index contributed by atoms with van der Waals surface area (Å²) in [5, 5.41) is 3.42. The lowest BCUT2D eigenvalue weighted by molar-refractivity contribution is 0.271. The molecule has 94 valence electrons. The molecule has 17 heavy (non-hydrogen) atoms. The van der Waals surface area contributed by atoms with Gasteiger partial charge in [0, 0.05) is 24.5 Å². The van der Waals surface area contributed by atoms with Gasteiger partial charge in [-0.2, -0.15) is 0 Å². The first-order chi connectivity index (χ1) is 8.26. The van der Waals surface area contributed by atoms with E-state index in [9.17, 15) is 0 Å². The van der Waals surface area contributed by atoms with Gasteiger partial charge in [0.05, 0.1) is 5.69 Å². The van der Waals surface area contributed by atoms with Crippen LogP contribution in [0.25, 0.3) is 0 Å². The standard InChI is InChI=1S/C13H21N3S/c1-2-12-8-17-13(15-12)16-6-9-3-4-11(14)5-10(9)7-16/h8-11H,2-7,14H2,1H3/t9-,10+,11?/m1/s1. The lowest BCUT2D eigenvalue weighted by atomic mass is 9.79. The van der Waals surface area contributed by atoms with Crippen LogP contribution in [-0.2, 0) is 6.42 Å². The summed E-state index contributed by atoms with van der Waals surface area (Å²) < 4.78 is 0. The number of nitrogens with zero attached hydrogens (tertiary/aromatic N) is 2. The van der Waals surface area contributed by atoms with Crippen molar-refractivity contribution < 1.29 is 0 Å². The summed E-state index contributed by atoms with van der Waals surface area (Å²) in [6, 6.07) is 0.443. The van der Waals surface area contributed by atoms with E-state index in [2.05, 4.69) is 17.2 Å². The van der Waals surface area contributed by atoms with Crippen LogP contribution >= 0.6 is 11.3 Å². The van der Waals surface area contributed by atoms with Crippen molar-refractivity contribution in [3.8, 4) is 0 Å². The van der Waals surface area contributed by atoms with Gasteiger partial charge in [-0.25, -0.2) is 4.98 Å². The van der Waals surface area contributed by atoms with Crippen LogP contribution in [0.15, 0.2) is 5.38 Å². The van der Waals surface area contributed by atoms with Crippen molar-refractivity contribution >= 4 is 16.5 Å².